The van der Waals surface area contributed by atoms with Crippen LogP contribution in [-0.2, 0) is 19.0 Å². The van der Waals surface area contributed by atoms with Gasteiger partial charge in [0.05, 0.1) is 35.7 Å². The number of carbonyl (C=O) groups is 1. The van der Waals surface area contributed by atoms with Crippen LogP contribution in [0.25, 0.3) is 22.6 Å². The third-order valence-electron chi connectivity index (χ3n) is 6.28. The third kappa shape index (κ3) is 7.35. The molecule has 39 heavy (non-hydrogen) atoms. The summed E-state index contributed by atoms with van der Waals surface area (Å²) >= 11 is 0. The van der Waals surface area contributed by atoms with Crippen LogP contribution in [-0.4, -0.2) is 91.4 Å². The summed E-state index contributed by atoms with van der Waals surface area (Å²) < 4.78 is 30.6. The van der Waals surface area contributed by atoms with Crippen LogP contribution in [0.4, 0.5) is 10.3 Å². The van der Waals surface area contributed by atoms with Crippen molar-refractivity contribution in [1.82, 2.24) is 30.2 Å². The van der Waals surface area contributed by atoms with Crippen molar-refractivity contribution in [3.8, 4) is 22.6 Å². The van der Waals surface area contributed by atoms with Gasteiger partial charge >= 0.3 is 0 Å². The number of imidazole rings is 1. The Labute approximate surface area is 227 Å². The molecule has 0 radical (unpaired) electrons. The summed E-state index contributed by atoms with van der Waals surface area (Å²) in [6, 6.07) is 7.85. The number of methoxy groups -OCH3 is 1. The lowest BCUT2D eigenvalue weighted by molar-refractivity contribution is -0.231. The van der Waals surface area contributed by atoms with Gasteiger partial charge in [0.25, 0.3) is 0 Å². The lowest BCUT2D eigenvalue weighted by Gasteiger charge is -2.35. The van der Waals surface area contributed by atoms with Gasteiger partial charge in [-0.3, -0.25) is 4.79 Å². The van der Waals surface area contributed by atoms with Crippen molar-refractivity contribution in [3.05, 3.63) is 48.2 Å². The minimum absolute atomic E-state index is 0.139. The molecule has 4 rings (SSSR count). The first kappa shape index (κ1) is 28.6. The van der Waals surface area contributed by atoms with E-state index in [1.807, 2.05) is 14.1 Å². The first-order chi connectivity index (χ1) is 18.8. The molecule has 1 fully saturated rings. The zero-order chi connectivity index (χ0) is 27.8. The zero-order valence-corrected chi connectivity index (χ0v) is 22.8. The molecule has 1 aromatic carbocycles. The van der Waals surface area contributed by atoms with E-state index in [1.54, 1.807) is 38.4 Å². The normalized spacial score (nSPS) is 19.3. The second kappa shape index (κ2) is 13.1. The number of halogens is 1. The van der Waals surface area contributed by atoms with Crippen LogP contribution >= 0.6 is 0 Å². The quantitative estimate of drug-likeness (QED) is 0.297. The summed E-state index contributed by atoms with van der Waals surface area (Å²) in [5.74, 6) is 0.421. The minimum Gasteiger partial charge on any atom is -0.385 e. The highest BCUT2D eigenvalue weighted by Gasteiger charge is 2.40. The van der Waals surface area contributed by atoms with Gasteiger partial charge in [-0.05, 0) is 57.8 Å². The number of nitrogens with zero attached hydrogens (tertiary/aromatic N) is 4. The van der Waals surface area contributed by atoms with Crippen molar-refractivity contribution >= 4 is 11.9 Å². The maximum Gasteiger partial charge on any atom is 0.230 e. The first-order valence-electron chi connectivity index (χ1n) is 12.9. The Hall–Kier alpha value is -3.45. The van der Waals surface area contributed by atoms with Crippen LogP contribution in [0.3, 0.4) is 0 Å². The number of aromatic amines is 1. The van der Waals surface area contributed by atoms with Crippen molar-refractivity contribution in [2.75, 3.05) is 66.0 Å². The van der Waals surface area contributed by atoms with Crippen molar-refractivity contribution in [3.63, 3.8) is 0 Å². The molecule has 2 aromatic heterocycles. The van der Waals surface area contributed by atoms with E-state index in [2.05, 4.69) is 30.5 Å². The van der Waals surface area contributed by atoms with Crippen LogP contribution in [0.15, 0.2) is 36.5 Å². The molecule has 3 aromatic rings. The summed E-state index contributed by atoms with van der Waals surface area (Å²) in [6.45, 7) is 4.70. The molecule has 0 aliphatic carbocycles. The number of H-pyrrole nitrogens is 1. The number of likely N-dealkylation sites (N-methyl/N-ethyl adjacent to an activating group) is 1. The predicted molar refractivity (Wildman–Crippen MR) is 144 cm³/mol. The van der Waals surface area contributed by atoms with E-state index in [0.717, 1.165) is 13.0 Å². The van der Waals surface area contributed by atoms with Crippen molar-refractivity contribution in [2.45, 2.75) is 19.6 Å². The second-order valence-corrected chi connectivity index (χ2v) is 9.96. The highest BCUT2D eigenvalue weighted by Crippen LogP contribution is 2.35. The number of anilines is 1. The molecule has 0 unspecified atom stereocenters. The van der Waals surface area contributed by atoms with E-state index in [4.69, 9.17) is 19.2 Å². The van der Waals surface area contributed by atoms with Crippen molar-refractivity contribution in [1.29, 1.82) is 0 Å². The molecule has 3 heterocycles. The molecule has 1 aliphatic rings. The average molecular weight is 542 g/mol. The number of rotatable bonds is 12. The molecule has 0 spiro atoms. The molecular formula is C27H36FN7O4. The molecule has 3 N–H and O–H groups in total. The van der Waals surface area contributed by atoms with E-state index in [9.17, 15) is 9.18 Å². The van der Waals surface area contributed by atoms with Crippen LogP contribution < -0.4 is 10.6 Å². The van der Waals surface area contributed by atoms with Gasteiger partial charge < -0.3 is 34.7 Å². The predicted octanol–water partition coefficient (Wildman–Crippen LogP) is 2.85. The van der Waals surface area contributed by atoms with E-state index in [-0.39, 0.29) is 24.9 Å². The molecule has 1 amide bonds. The lowest BCUT2D eigenvalue weighted by Crippen LogP contribution is -2.48. The van der Waals surface area contributed by atoms with Gasteiger partial charge in [-0.2, -0.15) is 0 Å². The van der Waals surface area contributed by atoms with Gasteiger partial charge in [0.1, 0.15) is 5.82 Å². The maximum atomic E-state index is 13.7. The number of carbonyl (C=O) groups excluding carboxylic acids is 1. The Morgan fingerprint density at radius 3 is 2.62 bits per heavy atom. The smallest absolute Gasteiger partial charge is 0.230 e. The number of hydrogen-bond acceptors (Lipinski definition) is 9. The fourth-order valence-corrected chi connectivity index (χ4v) is 4.01. The molecule has 12 heteroatoms. The molecular weight excluding hydrogens is 505 g/mol. The largest absolute Gasteiger partial charge is 0.385 e. The second-order valence-electron chi connectivity index (χ2n) is 9.96. The Kier molecular flexibility index (Phi) is 9.57. The molecule has 0 atom stereocenters. The Bertz CT molecular complexity index is 1230. The van der Waals surface area contributed by atoms with Gasteiger partial charge in [-0.25, -0.2) is 19.3 Å². The van der Waals surface area contributed by atoms with Crippen molar-refractivity contribution in [2.24, 2.45) is 5.41 Å². The topological polar surface area (TPSA) is 127 Å². The van der Waals surface area contributed by atoms with E-state index in [1.165, 1.54) is 12.1 Å². The van der Waals surface area contributed by atoms with Gasteiger partial charge in [0, 0.05) is 45.1 Å². The summed E-state index contributed by atoms with van der Waals surface area (Å²) in [5, 5.41) is 6.14. The number of benzene rings is 1. The van der Waals surface area contributed by atoms with E-state index in [0.29, 0.717) is 54.1 Å². The first-order valence-corrected chi connectivity index (χ1v) is 12.9. The van der Waals surface area contributed by atoms with Crippen molar-refractivity contribution < 1.29 is 23.4 Å². The SMILES string of the molecule is COCCCNC(=O)C1(C)COC(c2nc(-c3ccc(F)cc3)c(-c3ccnc(NCCN(C)C)n3)[nH]2)OC1. The van der Waals surface area contributed by atoms with Crippen LogP contribution in [0.5, 0.6) is 0 Å². The number of nitrogens with one attached hydrogen (secondary N) is 3. The van der Waals surface area contributed by atoms with Gasteiger partial charge in [-0.1, -0.05) is 0 Å². The molecule has 0 saturated carbocycles. The van der Waals surface area contributed by atoms with Crippen LogP contribution in [0.2, 0.25) is 0 Å². The highest BCUT2D eigenvalue weighted by molar-refractivity contribution is 5.82. The minimum atomic E-state index is -0.835. The fraction of sp³-hybridized carbons (Fsp3) is 0.481. The molecule has 210 valence electrons. The standard InChI is InChI=1S/C27H36FN7O4/c1-27(25(36)29-11-5-15-37-4)16-38-24(39-17-27)23-33-21(18-6-8-19(28)9-7-18)22(34-23)20-10-12-30-26(32-20)31-13-14-35(2)3/h6-10,12,24H,5,11,13-17H2,1-4H3,(H,29,36)(H,33,34)(H,30,31,32). The van der Waals surface area contributed by atoms with Gasteiger partial charge in [0.2, 0.25) is 18.1 Å². The number of ether oxygens (including phenoxy) is 3. The molecule has 1 aliphatic heterocycles. The molecule has 1 saturated heterocycles. The Morgan fingerprint density at radius 2 is 1.92 bits per heavy atom. The van der Waals surface area contributed by atoms with E-state index >= 15 is 0 Å². The Morgan fingerprint density at radius 1 is 1.18 bits per heavy atom. The summed E-state index contributed by atoms with van der Waals surface area (Å²) in [5.41, 5.74) is 1.65. The van der Waals surface area contributed by atoms with E-state index < -0.39 is 11.7 Å². The molecule has 0 bridgehead atoms. The number of amides is 1. The van der Waals surface area contributed by atoms with Gasteiger partial charge in [0.15, 0.2) is 5.82 Å². The monoisotopic (exact) mass is 541 g/mol. The fourth-order valence-electron chi connectivity index (χ4n) is 4.01. The summed E-state index contributed by atoms with van der Waals surface area (Å²) in [7, 11) is 5.61. The lowest BCUT2D eigenvalue weighted by atomic mass is 9.91. The number of aromatic nitrogens is 4. The van der Waals surface area contributed by atoms with Crippen LogP contribution in [0, 0.1) is 11.2 Å². The maximum absolute atomic E-state index is 13.7. The van der Waals surface area contributed by atoms with Crippen LogP contribution in [0.1, 0.15) is 25.5 Å². The number of hydrogen-bond donors (Lipinski definition) is 3. The third-order valence-corrected chi connectivity index (χ3v) is 6.28. The molecule has 11 nitrogen and oxygen atoms in total. The highest BCUT2D eigenvalue weighted by atomic mass is 19.1. The average Bonchev–Trinajstić information content (AvgIpc) is 3.37. The summed E-state index contributed by atoms with van der Waals surface area (Å²) in [4.78, 5) is 31.8. The summed E-state index contributed by atoms with van der Waals surface area (Å²) in [6.07, 6.45) is 1.58. The zero-order valence-electron chi connectivity index (χ0n) is 22.8. The Balaban J connectivity index is 1.54. The van der Waals surface area contributed by atoms with Gasteiger partial charge in [-0.15, -0.1) is 0 Å².